The molecule has 25 heavy (non-hydrogen) atoms. The van der Waals surface area contributed by atoms with Gasteiger partial charge < -0.3 is 10.2 Å². The lowest BCUT2D eigenvalue weighted by Crippen LogP contribution is -2.32. The van der Waals surface area contributed by atoms with E-state index in [0.717, 1.165) is 41.5 Å². The zero-order valence-electron chi connectivity index (χ0n) is 14.5. The van der Waals surface area contributed by atoms with Gasteiger partial charge in [0.25, 0.3) is 0 Å². The molecule has 3 rings (SSSR count). The van der Waals surface area contributed by atoms with Crippen molar-refractivity contribution in [2.24, 2.45) is 0 Å². The third-order valence-corrected chi connectivity index (χ3v) is 5.08. The van der Waals surface area contributed by atoms with Gasteiger partial charge in [-0.15, -0.1) is 11.3 Å². The first-order chi connectivity index (χ1) is 12.0. The number of amides is 2. The highest BCUT2D eigenvalue weighted by molar-refractivity contribution is 7.09. The van der Waals surface area contributed by atoms with Gasteiger partial charge in [-0.1, -0.05) is 6.07 Å². The maximum atomic E-state index is 12.7. The molecule has 1 saturated heterocycles. The number of carbonyl (C=O) groups is 2. The molecule has 0 bridgehead atoms. The van der Waals surface area contributed by atoms with Crippen molar-refractivity contribution in [2.75, 3.05) is 6.54 Å². The fraction of sp³-hybridized carbons (Fsp3) is 0.444. The van der Waals surface area contributed by atoms with Crippen molar-refractivity contribution in [1.82, 2.24) is 20.2 Å². The van der Waals surface area contributed by atoms with Gasteiger partial charge >= 0.3 is 0 Å². The van der Waals surface area contributed by atoms with Crippen LogP contribution in [0.1, 0.15) is 47.9 Å². The van der Waals surface area contributed by atoms with Crippen LogP contribution < -0.4 is 5.32 Å². The molecule has 1 atom stereocenters. The first-order valence-electron chi connectivity index (χ1n) is 8.43. The van der Waals surface area contributed by atoms with E-state index in [1.807, 2.05) is 35.4 Å². The lowest BCUT2D eigenvalue weighted by Gasteiger charge is -2.24. The maximum Gasteiger partial charge on any atom is 0.229 e. The van der Waals surface area contributed by atoms with Crippen molar-refractivity contribution in [2.45, 2.75) is 45.7 Å². The van der Waals surface area contributed by atoms with Crippen LogP contribution in [0.4, 0.5) is 0 Å². The molecule has 0 saturated carbocycles. The second-order valence-electron chi connectivity index (χ2n) is 6.24. The van der Waals surface area contributed by atoms with Crippen LogP contribution in [0.3, 0.4) is 0 Å². The van der Waals surface area contributed by atoms with Crippen molar-refractivity contribution in [3.8, 4) is 0 Å². The minimum absolute atomic E-state index is 0.00418. The summed E-state index contributed by atoms with van der Waals surface area (Å²) in [6.45, 7) is 4.59. The van der Waals surface area contributed by atoms with E-state index in [2.05, 4.69) is 15.3 Å². The Morgan fingerprint density at radius 2 is 2.16 bits per heavy atom. The average Bonchev–Trinajstić information content (AvgIpc) is 3.22. The van der Waals surface area contributed by atoms with Gasteiger partial charge in [0.1, 0.15) is 0 Å². The molecule has 1 unspecified atom stereocenters. The molecule has 7 heteroatoms. The summed E-state index contributed by atoms with van der Waals surface area (Å²) in [6, 6.07) is 5.79. The normalized spacial score (nSPS) is 16.9. The van der Waals surface area contributed by atoms with Crippen LogP contribution in [0.5, 0.6) is 0 Å². The molecule has 1 aliphatic heterocycles. The van der Waals surface area contributed by atoms with Crippen LogP contribution >= 0.6 is 11.3 Å². The molecule has 6 nitrogen and oxygen atoms in total. The standard InChI is InChI=1S/C18H22N4O2S/c1-12(23)19-10-14-5-3-6-16(21-14)17-7-4-8-22(17)18(24)9-15-11-25-13(2)20-15/h3,5-6,11,17H,4,7-10H2,1-2H3,(H,19,23). The molecule has 3 heterocycles. The summed E-state index contributed by atoms with van der Waals surface area (Å²) < 4.78 is 0. The second-order valence-corrected chi connectivity index (χ2v) is 7.31. The monoisotopic (exact) mass is 358 g/mol. The second kappa shape index (κ2) is 7.74. The van der Waals surface area contributed by atoms with E-state index in [9.17, 15) is 9.59 Å². The minimum Gasteiger partial charge on any atom is -0.351 e. The van der Waals surface area contributed by atoms with Crippen LogP contribution in [0.25, 0.3) is 0 Å². The summed E-state index contributed by atoms with van der Waals surface area (Å²) in [4.78, 5) is 34.7. The van der Waals surface area contributed by atoms with Gasteiger partial charge in [0, 0.05) is 18.8 Å². The summed E-state index contributed by atoms with van der Waals surface area (Å²) in [7, 11) is 0. The van der Waals surface area contributed by atoms with E-state index in [4.69, 9.17) is 0 Å². The number of hydrogen-bond acceptors (Lipinski definition) is 5. The lowest BCUT2D eigenvalue weighted by atomic mass is 10.1. The SMILES string of the molecule is CC(=O)NCc1cccc(C2CCCN2C(=O)Cc2csc(C)n2)n1. The Morgan fingerprint density at radius 1 is 1.32 bits per heavy atom. The molecule has 0 aromatic carbocycles. The summed E-state index contributed by atoms with van der Waals surface area (Å²) >= 11 is 1.57. The minimum atomic E-state index is -0.0802. The van der Waals surface area contributed by atoms with E-state index >= 15 is 0 Å². The molecule has 2 aromatic rings. The number of thiazole rings is 1. The summed E-state index contributed by atoms with van der Waals surface area (Å²) in [6.07, 6.45) is 2.23. The number of aromatic nitrogens is 2. The Bertz CT molecular complexity index is 774. The Balaban J connectivity index is 1.71. The van der Waals surface area contributed by atoms with Crippen LogP contribution in [-0.2, 0) is 22.6 Å². The number of nitrogens with zero attached hydrogens (tertiary/aromatic N) is 3. The average molecular weight is 358 g/mol. The van der Waals surface area contributed by atoms with E-state index in [0.29, 0.717) is 13.0 Å². The Hall–Kier alpha value is -2.28. The van der Waals surface area contributed by atoms with E-state index in [-0.39, 0.29) is 17.9 Å². The van der Waals surface area contributed by atoms with Crippen LogP contribution in [0, 0.1) is 6.92 Å². The van der Waals surface area contributed by atoms with Gasteiger partial charge in [0.05, 0.1) is 41.1 Å². The molecule has 1 aliphatic rings. The molecule has 132 valence electrons. The van der Waals surface area contributed by atoms with Gasteiger partial charge in [-0.3, -0.25) is 14.6 Å². The van der Waals surface area contributed by atoms with Crippen molar-refractivity contribution in [3.63, 3.8) is 0 Å². The summed E-state index contributed by atoms with van der Waals surface area (Å²) in [5.41, 5.74) is 2.54. The zero-order chi connectivity index (χ0) is 17.8. The van der Waals surface area contributed by atoms with E-state index in [1.165, 1.54) is 6.92 Å². The van der Waals surface area contributed by atoms with Crippen LogP contribution in [-0.4, -0.2) is 33.2 Å². The van der Waals surface area contributed by atoms with Gasteiger partial charge in [-0.05, 0) is 31.9 Å². The number of aryl methyl sites for hydroxylation is 1. The molecule has 2 aromatic heterocycles. The molecule has 0 aliphatic carbocycles. The van der Waals surface area contributed by atoms with Gasteiger partial charge in [-0.2, -0.15) is 0 Å². The predicted molar refractivity (Wildman–Crippen MR) is 96.0 cm³/mol. The highest BCUT2D eigenvalue weighted by Gasteiger charge is 2.31. The van der Waals surface area contributed by atoms with Crippen molar-refractivity contribution < 1.29 is 9.59 Å². The van der Waals surface area contributed by atoms with Crippen molar-refractivity contribution in [3.05, 3.63) is 45.7 Å². The third-order valence-electron chi connectivity index (χ3n) is 4.26. The lowest BCUT2D eigenvalue weighted by molar-refractivity contribution is -0.131. The molecule has 0 spiro atoms. The fourth-order valence-electron chi connectivity index (χ4n) is 3.12. The number of rotatable bonds is 5. The number of nitrogens with one attached hydrogen (secondary N) is 1. The number of carbonyl (C=O) groups excluding carboxylic acids is 2. The first-order valence-corrected chi connectivity index (χ1v) is 9.31. The predicted octanol–water partition coefficient (Wildman–Crippen LogP) is 2.39. The molecule has 0 radical (unpaired) electrons. The van der Waals surface area contributed by atoms with Crippen molar-refractivity contribution in [1.29, 1.82) is 0 Å². The van der Waals surface area contributed by atoms with E-state index in [1.54, 1.807) is 11.3 Å². The van der Waals surface area contributed by atoms with Gasteiger partial charge in [0.15, 0.2) is 0 Å². The molecule has 2 amide bonds. The summed E-state index contributed by atoms with van der Waals surface area (Å²) in [5, 5.41) is 5.69. The molecule has 1 fully saturated rings. The van der Waals surface area contributed by atoms with Crippen LogP contribution in [0.15, 0.2) is 23.6 Å². The maximum absolute atomic E-state index is 12.7. The zero-order valence-corrected chi connectivity index (χ0v) is 15.3. The molecule has 1 N–H and O–H groups in total. The first kappa shape index (κ1) is 17.5. The topological polar surface area (TPSA) is 75.2 Å². The molecular weight excluding hydrogens is 336 g/mol. The number of hydrogen-bond donors (Lipinski definition) is 1. The smallest absolute Gasteiger partial charge is 0.229 e. The highest BCUT2D eigenvalue weighted by atomic mass is 32.1. The van der Waals surface area contributed by atoms with Crippen LogP contribution in [0.2, 0.25) is 0 Å². The largest absolute Gasteiger partial charge is 0.351 e. The van der Waals surface area contributed by atoms with E-state index < -0.39 is 0 Å². The number of likely N-dealkylation sites (tertiary alicyclic amines) is 1. The fourth-order valence-corrected chi connectivity index (χ4v) is 3.73. The van der Waals surface area contributed by atoms with Gasteiger partial charge in [0.2, 0.25) is 11.8 Å². The number of pyridine rings is 1. The highest BCUT2D eigenvalue weighted by Crippen LogP contribution is 2.31. The quantitative estimate of drug-likeness (QED) is 0.890. The van der Waals surface area contributed by atoms with Gasteiger partial charge in [-0.25, -0.2) is 4.98 Å². The Morgan fingerprint density at radius 3 is 2.88 bits per heavy atom. The molecular formula is C18H22N4O2S. The van der Waals surface area contributed by atoms with Crippen molar-refractivity contribution >= 4 is 23.2 Å². The Kier molecular flexibility index (Phi) is 5.43. The third kappa shape index (κ3) is 4.42. The summed E-state index contributed by atoms with van der Waals surface area (Å²) in [5.74, 6) is 0.0188. The Labute approximate surface area is 151 Å².